The number of benzene rings is 2. The molecular formula is C19H16N4O9. The number of carbonyl (C=O) groups is 3. The molecule has 0 bridgehead atoms. The van der Waals surface area contributed by atoms with Gasteiger partial charge in [0.1, 0.15) is 19.3 Å². The Labute approximate surface area is 179 Å². The highest BCUT2D eigenvalue weighted by Crippen LogP contribution is 2.15. The summed E-state index contributed by atoms with van der Waals surface area (Å²) in [6, 6.07) is 8.42. The molecule has 0 aliphatic carbocycles. The summed E-state index contributed by atoms with van der Waals surface area (Å²) in [6.07, 6.45) is -0.962. The summed E-state index contributed by atoms with van der Waals surface area (Å²) in [5.74, 6) is -1.40. The van der Waals surface area contributed by atoms with E-state index in [2.05, 4.69) is 10.6 Å². The molecule has 13 nitrogen and oxygen atoms in total. The van der Waals surface area contributed by atoms with E-state index in [1.54, 1.807) is 0 Å². The van der Waals surface area contributed by atoms with Gasteiger partial charge in [-0.15, -0.1) is 0 Å². The first-order chi connectivity index (χ1) is 15.2. The minimum atomic E-state index is -1.19. The Morgan fingerprint density at radius 3 is 1.78 bits per heavy atom. The summed E-state index contributed by atoms with van der Waals surface area (Å²) in [6.45, 7) is -0.381. The van der Waals surface area contributed by atoms with E-state index in [0.29, 0.717) is 11.1 Å². The summed E-state index contributed by atoms with van der Waals surface area (Å²) in [5, 5.41) is 25.8. The molecule has 2 amide bonds. The van der Waals surface area contributed by atoms with E-state index in [1.807, 2.05) is 0 Å². The minimum absolute atomic E-state index is 0.108. The number of ether oxygens (including phenoxy) is 2. The van der Waals surface area contributed by atoms with E-state index in [4.69, 9.17) is 9.47 Å². The fourth-order valence-electron chi connectivity index (χ4n) is 2.71. The number of non-ortho nitro benzene ring substituents is 2. The highest BCUT2D eigenvalue weighted by atomic mass is 16.6. The maximum absolute atomic E-state index is 12.2. The van der Waals surface area contributed by atoms with Crippen molar-refractivity contribution < 1.29 is 33.7 Å². The summed E-state index contributed by atoms with van der Waals surface area (Å²) >= 11 is 0. The van der Waals surface area contributed by atoms with Crippen LogP contribution in [0.1, 0.15) is 11.1 Å². The molecule has 1 saturated heterocycles. The number of nitro benzene ring substituents is 2. The Hall–Kier alpha value is -4.55. The Morgan fingerprint density at radius 1 is 0.875 bits per heavy atom. The zero-order valence-corrected chi connectivity index (χ0v) is 16.3. The van der Waals surface area contributed by atoms with Crippen molar-refractivity contribution in [3.63, 3.8) is 0 Å². The largest absolute Gasteiger partial charge is 0.459 e. The van der Waals surface area contributed by atoms with Crippen LogP contribution in [0.2, 0.25) is 0 Å². The van der Waals surface area contributed by atoms with Crippen LogP contribution in [0, 0.1) is 20.2 Å². The second-order valence-corrected chi connectivity index (χ2v) is 6.64. The number of hydrogen-bond acceptors (Lipinski definition) is 9. The molecule has 1 fully saturated rings. The lowest BCUT2D eigenvalue weighted by atomic mass is 9.99. The van der Waals surface area contributed by atoms with E-state index in [1.165, 1.54) is 48.5 Å². The second kappa shape index (κ2) is 9.51. The van der Waals surface area contributed by atoms with E-state index < -0.39 is 39.9 Å². The molecule has 0 spiro atoms. The van der Waals surface area contributed by atoms with Crippen LogP contribution in [-0.2, 0) is 32.3 Å². The van der Waals surface area contributed by atoms with Crippen molar-refractivity contribution in [2.45, 2.75) is 25.3 Å². The van der Waals surface area contributed by atoms with Gasteiger partial charge >= 0.3 is 12.1 Å². The van der Waals surface area contributed by atoms with Crippen LogP contribution >= 0.6 is 0 Å². The van der Waals surface area contributed by atoms with Crippen molar-refractivity contribution in [3.05, 3.63) is 79.9 Å². The van der Waals surface area contributed by atoms with E-state index in [9.17, 15) is 34.6 Å². The van der Waals surface area contributed by atoms with Crippen LogP contribution in [0.4, 0.5) is 16.2 Å². The number of nitro groups is 2. The SMILES string of the molecule is O=C(NC1C(=O)NC1C(=O)OCc1ccc([N+](=O)[O-])cc1)OCc1ccc([N+](=O)[O-])cc1. The highest BCUT2D eigenvalue weighted by Gasteiger charge is 2.46. The molecule has 0 aromatic heterocycles. The zero-order chi connectivity index (χ0) is 23.3. The molecule has 1 aliphatic rings. The normalized spacial score (nSPS) is 16.8. The van der Waals surface area contributed by atoms with E-state index >= 15 is 0 Å². The number of nitrogens with zero attached hydrogens (tertiary/aromatic N) is 2. The minimum Gasteiger partial charge on any atom is -0.459 e. The predicted molar refractivity (Wildman–Crippen MR) is 105 cm³/mol. The van der Waals surface area contributed by atoms with Crippen molar-refractivity contribution in [2.75, 3.05) is 0 Å². The van der Waals surface area contributed by atoms with Gasteiger partial charge in [0.15, 0.2) is 6.04 Å². The van der Waals surface area contributed by atoms with Gasteiger partial charge in [-0.1, -0.05) is 0 Å². The first-order valence-electron chi connectivity index (χ1n) is 9.11. The standard InChI is InChI=1S/C19H16N4O9/c24-17-15(21-19(26)32-10-12-3-7-14(8-4-12)23(29)30)16(20-17)18(25)31-9-11-1-5-13(6-2-11)22(27)28/h1-8,15-16H,9-10H2,(H,20,24)(H,21,26). The van der Waals surface area contributed by atoms with Crippen LogP contribution in [0.25, 0.3) is 0 Å². The Bertz CT molecular complexity index is 1050. The Kier molecular flexibility index (Phi) is 6.58. The van der Waals surface area contributed by atoms with Crippen LogP contribution < -0.4 is 10.6 Å². The van der Waals surface area contributed by atoms with Gasteiger partial charge < -0.3 is 20.1 Å². The predicted octanol–water partition coefficient (Wildman–Crippen LogP) is 1.34. The summed E-state index contributed by atoms with van der Waals surface area (Å²) in [4.78, 5) is 56.0. The lowest BCUT2D eigenvalue weighted by Crippen LogP contribution is -2.72. The summed E-state index contributed by atoms with van der Waals surface area (Å²) in [5.41, 5.74) is 0.770. The van der Waals surface area contributed by atoms with E-state index in [-0.39, 0.29) is 24.6 Å². The average Bonchev–Trinajstić information content (AvgIpc) is 2.78. The molecular weight excluding hydrogens is 428 g/mol. The quantitative estimate of drug-likeness (QED) is 0.263. The number of esters is 1. The number of amides is 2. The monoisotopic (exact) mass is 444 g/mol. The summed E-state index contributed by atoms with van der Waals surface area (Å²) in [7, 11) is 0. The number of alkyl carbamates (subject to hydrolysis) is 1. The van der Waals surface area contributed by atoms with Crippen molar-refractivity contribution >= 4 is 29.3 Å². The molecule has 1 heterocycles. The number of nitrogens with one attached hydrogen (secondary N) is 2. The fraction of sp³-hybridized carbons (Fsp3) is 0.211. The number of hydrogen-bond donors (Lipinski definition) is 2. The number of rotatable bonds is 8. The maximum Gasteiger partial charge on any atom is 0.408 e. The molecule has 2 N–H and O–H groups in total. The first kappa shape index (κ1) is 22.1. The van der Waals surface area contributed by atoms with Gasteiger partial charge in [-0.2, -0.15) is 0 Å². The third kappa shape index (κ3) is 5.33. The zero-order valence-electron chi connectivity index (χ0n) is 16.3. The van der Waals surface area contributed by atoms with Crippen molar-refractivity contribution in [1.82, 2.24) is 10.6 Å². The number of carbonyl (C=O) groups excluding carboxylic acids is 3. The van der Waals surface area contributed by atoms with Gasteiger partial charge in [-0.3, -0.25) is 25.0 Å². The van der Waals surface area contributed by atoms with Gasteiger partial charge in [0, 0.05) is 24.3 Å². The van der Waals surface area contributed by atoms with Crippen molar-refractivity contribution in [1.29, 1.82) is 0 Å². The van der Waals surface area contributed by atoms with Crippen molar-refractivity contribution in [2.24, 2.45) is 0 Å². The molecule has 32 heavy (non-hydrogen) atoms. The van der Waals surface area contributed by atoms with Crippen LogP contribution in [0.3, 0.4) is 0 Å². The molecule has 2 aromatic rings. The lowest BCUT2D eigenvalue weighted by Gasteiger charge is -2.34. The van der Waals surface area contributed by atoms with Crippen LogP contribution in [-0.4, -0.2) is 39.9 Å². The Balaban J connectivity index is 1.46. The van der Waals surface area contributed by atoms with Gasteiger partial charge in [0.05, 0.1) is 9.85 Å². The maximum atomic E-state index is 12.2. The van der Waals surface area contributed by atoms with E-state index in [0.717, 1.165) is 0 Å². The second-order valence-electron chi connectivity index (χ2n) is 6.64. The van der Waals surface area contributed by atoms with Gasteiger partial charge in [0.2, 0.25) is 5.91 Å². The molecule has 13 heteroatoms. The molecule has 2 atom stereocenters. The molecule has 2 unspecified atom stereocenters. The average molecular weight is 444 g/mol. The lowest BCUT2D eigenvalue weighted by molar-refractivity contribution is -0.385. The smallest absolute Gasteiger partial charge is 0.408 e. The fourth-order valence-corrected chi connectivity index (χ4v) is 2.71. The van der Waals surface area contributed by atoms with Crippen LogP contribution in [0.5, 0.6) is 0 Å². The molecule has 0 radical (unpaired) electrons. The molecule has 0 saturated carbocycles. The number of β-lactam (4-membered cyclic amide) rings is 1. The molecule has 166 valence electrons. The molecule has 2 aromatic carbocycles. The third-order valence-corrected chi connectivity index (χ3v) is 4.49. The topological polar surface area (TPSA) is 180 Å². The van der Waals surface area contributed by atoms with Gasteiger partial charge in [-0.25, -0.2) is 9.59 Å². The molecule has 3 rings (SSSR count). The Morgan fingerprint density at radius 2 is 1.34 bits per heavy atom. The first-order valence-corrected chi connectivity index (χ1v) is 9.11. The van der Waals surface area contributed by atoms with Gasteiger partial charge in [0.25, 0.3) is 11.4 Å². The highest BCUT2D eigenvalue weighted by molar-refractivity contribution is 6.01. The van der Waals surface area contributed by atoms with Gasteiger partial charge in [-0.05, 0) is 35.4 Å². The third-order valence-electron chi connectivity index (χ3n) is 4.49. The van der Waals surface area contributed by atoms with Crippen molar-refractivity contribution in [3.8, 4) is 0 Å². The molecule has 1 aliphatic heterocycles. The summed E-state index contributed by atoms with van der Waals surface area (Å²) < 4.78 is 10.0. The van der Waals surface area contributed by atoms with Crippen LogP contribution in [0.15, 0.2) is 48.5 Å².